The molecule has 0 saturated carbocycles. The Balaban J connectivity index is 1.31. The number of amides is 1. The highest BCUT2D eigenvalue weighted by atomic mass is 32.2. The van der Waals surface area contributed by atoms with Crippen molar-refractivity contribution in [3.63, 3.8) is 0 Å². The Hall–Kier alpha value is -1.86. The highest BCUT2D eigenvalue weighted by molar-refractivity contribution is 8.01. The number of nitrogens with zero attached hydrogens (tertiary/aromatic N) is 3. The van der Waals surface area contributed by atoms with Crippen LogP contribution in [0.1, 0.15) is 47.1 Å². The lowest BCUT2D eigenvalue weighted by atomic mass is 9.92. The standard InChI is InChI=1S/C20H25N3O3S/c1-3-5-17-18(14(2)22-26-17)19(24)23-12-20(13-23)8-16(11-27-20)25-10-15-6-4-7-21-9-15/h4,6-7,9,16H,3,5,8,10-13H2,1-2H3/t16-/m1/s1. The van der Waals surface area contributed by atoms with Crippen LogP contribution in [0.15, 0.2) is 29.0 Å². The molecular weight excluding hydrogens is 362 g/mol. The number of likely N-dealkylation sites (tertiary alicyclic amines) is 1. The average molecular weight is 388 g/mol. The molecule has 0 N–H and O–H groups in total. The molecule has 7 heteroatoms. The van der Waals surface area contributed by atoms with Gasteiger partial charge in [-0.2, -0.15) is 0 Å². The number of hydrogen-bond donors (Lipinski definition) is 0. The number of aromatic nitrogens is 2. The van der Waals surface area contributed by atoms with Crippen LogP contribution in [0.2, 0.25) is 0 Å². The van der Waals surface area contributed by atoms with E-state index in [0.717, 1.165) is 49.4 Å². The number of thioether (sulfide) groups is 1. The third kappa shape index (κ3) is 3.75. The van der Waals surface area contributed by atoms with Crippen molar-refractivity contribution in [2.45, 2.75) is 50.6 Å². The Kier molecular flexibility index (Phi) is 5.23. The quantitative estimate of drug-likeness (QED) is 0.758. The minimum atomic E-state index is 0.0585. The molecule has 0 bridgehead atoms. The summed E-state index contributed by atoms with van der Waals surface area (Å²) in [5, 5.41) is 4.00. The van der Waals surface area contributed by atoms with Crippen LogP contribution in [0.4, 0.5) is 0 Å². The average Bonchev–Trinajstić information content (AvgIpc) is 3.24. The summed E-state index contributed by atoms with van der Waals surface area (Å²) < 4.78 is 11.6. The lowest BCUT2D eigenvalue weighted by molar-refractivity contribution is 0.0253. The molecule has 2 aliphatic rings. The summed E-state index contributed by atoms with van der Waals surface area (Å²) in [6, 6.07) is 3.96. The van der Waals surface area contributed by atoms with Gasteiger partial charge in [-0.05, 0) is 31.4 Å². The Labute approximate surface area is 163 Å². The van der Waals surface area contributed by atoms with Gasteiger partial charge >= 0.3 is 0 Å². The summed E-state index contributed by atoms with van der Waals surface area (Å²) in [5.74, 6) is 1.76. The summed E-state index contributed by atoms with van der Waals surface area (Å²) in [7, 11) is 0. The molecule has 2 saturated heterocycles. The Morgan fingerprint density at radius 1 is 1.48 bits per heavy atom. The third-order valence-electron chi connectivity index (χ3n) is 5.25. The first-order valence-electron chi connectivity index (χ1n) is 9.49. The van der Waals surface area contributed by atoms with E-state index in [1.807, 2.05) is 41.9 Å². The maximum atomic E-state index is 12.9. The first-order valence-corrected chi connectivity index (χ1v) is 10.5. The molecule has 1 spiro atoms. The van der Waals surface area contributed by atoms with Crippen LogP contribution in [0, 0.1) is 6.92 Å². The maximum Gasteiger partial charge on any atom is 0.259 e. The zero-order chi connectivity index (χ0) is 18.9. The van der Waals surface area contributed by atoms with Gasteiger partial charge in [0.2, 0.25) is 0 Å². The summed E-state index contributed by atoms with van der Waals surface area (Å²) in [5.41, 5.74) is 2.46. The van der Waals surface area contributed by atoms with Crippen molar-refractivity contribution in [3.05, 3.63) is 47.1 Å². The normalized spacial score (nSPS) is 20.8. The number of ether oxygens (including phenoxy) is 1. The van der Waals surface area contributed by atoms with Gasteiger partial charge in [-0.1, -0.05) is 18.1 Å². The number of pyridine rings is 1. The second-order valence-electron chi connectivity index (χ2n) is 7.47. The number of rotatable bonds is 6. The monoisotopic (exact) mass is 387 g/mol. The van der Waals surface area contributed by atoms with Crippen molar-refractivity contribution in [2.75, 3.05) is 18.8 Å². The molecule has 1 amide bonds. The van der Waals surface area contributed by atoms with Gasteiger partial charge in [0, 0.05) is 37.7 Å². The van der Waals surface area contributed by atoms with Crippen molar-refractivity contribution in [1.29, 1.82) is 0 Å². The van der Waals surface area contributed by atoms with E-state index in [9.17, 15) is 4.79 Å². The van der Waals surface area contributed by atoms with Crippen molar-refractivity contribution in [3.8, 4) is 0 Å². The van der Waals surface area contributed by atoms with Gasteiger partial charge < -0.3 is 14.2 Å². The van der Waals surface area contributed by atoms with Crippen LogP contribution in [-0.2, 0) is 17.8 Å². The lowest BCUT2D eigenvalue weighted by Gasteiger charge is -2.47. The molecule has 4 heterocycles. The molecule has 0 radical (unpaired) electrons. The zero-order valence-corrected chi connectivity index (χ0v) is 16.6. The fourth-order valence-electron chi connectivity index (χ4n) is 3.87. The third-order valence-corrected chi connectivity index (χ3v) is 6.83. The minimum Gasteiger partial charge on any atom is -0.373 e. The van der Waals surface area contributed by atoms with Crippen LogP contribution in [0.3, 0.4) is 0 Å². The maximum absolute atomic E-state index is 12.9. The van der Waals surface area contributed by atoms with Gasteiger partial charge in [0.05, 0.1) is 23.2 Å². The topological polar surface area (TPSA) is 68.5 Å². The van der Waals surface area contributed by atoms with Crippen LogP contribution in [0.5, 0.6) is 0 Å². The van der Waals surface area contributed by atoms with E-state index < -0.39 is 0 Å². The molecule has 144 valence electrons. The van der Waals surface area contributed by atoms with E-state index in [-0.39, 0.29) is 16.8 Å². The molecule has 0 aromatic carbocycles. The fraction of sp³-hybridized carbons (Fsp3) is 0.550. The molecule has 4 rings (SSSR count). The summed E-state index contributed by atoms with van der Waals surface area (Å²) in [6.07, 6.45) is 6.53. The number of hydrogen-bond acceptors (Lipinski definition) is 6. The SMILES string of the molecule is CCCc1onc(C)c1C(=O)N1CC2(C[C@@H](OCc3cccnc3)CS2)C1. The molecule has 2 aliphatic heterocycles. The smallest absolute Gasteiger partial charge is 0.259 e. The molecule has 1 atom stereocenters. The van der Waals surface area contributed by atoms with Crippen LogP contribution < -0.4 is 0 Å². The predicted octanol–water partition coefficient (Wildman–Crippen LogP) is 3.25. The van der Waals surface area contributed by atoms with E-state index in [0.29, 0.717) is 17.9 Å². The van der Waals surface area contributed by atoms with Crippen LogP contribution >= 0.6 is 11.8 Å². The molecule has 2 aromatic heterocycles. The minimum absolute atomic E-state index is 0.0585. The summed E-state index contributed by atoms with van der Waals surface area (Å²) in [4.78, 5) is 19.0. The van der Waals surface area contributed by atoms with Gasteiger partial charge in [-0.15, -0.1) is 11.8 Å². The summed E-state index contributed by atoms with van der Waals surface area (Å²) >= 11 is 1.94. The summed E-state index contributed by atoms with van der Waals surface area (Å²) in [6.45, 7) is 6.07. The first kappa shape index (κ1) is 18.5. The lowest BCUT2D eigenvalue weighted by Crippen LogP contribution is -2.60. The van der Waals surface area contributed by atoms with E-state index >= 15 is 0 Å². The molecule has 6 nitrogen and oxygen atoms in total. The largest absolute Gasteiger partial charge is 0.373 e. The molecule has 0 unspecified atom stereocenters. The Morgan fingerprint density at radius 2 is 2.33 bits per heavy atom. The van der Waals surface area contributed by atoms with Crippen LogP contribution in [-0.4, -0.2) is 50.6 Å². The first-order chi connectivity index (χ1) is 13.1. The Morgan fingerprint density at radius 3 is 3.07 bits per heavy atom. The van der Waals surface area contributed by atoms with E-state index in [2.05, 4.69) is 17.1 Å². The molecule has 0 aliphatic carbocycles. The molecule has 27 heavy (non-hydrogen) atoms. The molecule has 2 aromatic rings. The van der Waals surface area contributed by atoms with Crippen molar-refractivity contribution in [1.82, 2.24) is 15.0 Å². The van der Waals surface area contributed by atoms with Crippen LogP contribution in [0.25, 0.3) is 0 Å². The zero-order valence-electron chi connectivity index (χ0n) is 15.8. The number of carbonyl (C=O) groups is 1. The van der Waals surface area contributed by atoms with Gasteiger partial charge in [0.1, 0.15) is 11.3 Å². The van der Waals surface area contributed by atoms with Gasteiger partial charge in [-0.3, -0.25) is 9.78 Å². The van der Waals surface area contributed by atoms with Crippen molar-refractivity contribution in [2.24, 2.45) is 0 Å². The Bertz CT molecular complexity index is 802. The van der Waals surface area contributed by atoms with Crippen molar-refractivity contribution >= 4 is 17.7 Å². The second kappa shape index (κ2) is 7.64. The molecule has 2 fully saturated rings. The van der Waals surface area contributed by atoms with Gasteiger partial charge in [0.15, 0.2) is 0 Å². The highest BCUT2D eigenvalue weighted by Gasteiger charge is 2.51. The van der Waals surface area contributed by atoms with E-state index in [4.69, 9.17) is 9.26 Å². The highest BCUT2D eigenvalue weighted by Crippen LogP contribution is 2.46. The fourth-order valence-corrected chi connectivity index (χ4v) is 5.42. The van der Waals surface area contributed by atoms with Gasteiger partial charge in [0.25, 0.3) is 5.91 Å². The second-order valence-corrected chi connectivity index (χ2v) is 8.96. The number of carbonyl (C=O) groups excluding carboxylic acids is 1. The van der Waals surface area contributed by atoms with E-state index in [1.165, 1.54) is 0 Å². The van der Waals surface area contributed by atoms with Crippen molar-refractivity contribution < 1.29 is 14.1 Å². The molecular formula is C20H25N3O3S. The number of aryl methyl sites for hydroxylation is 2. The van der Waals surface area contributed by atoms with Gasteiger partial charge in [-0.25, -0.2) is 0 Å². The predicted molar refractivity (Wildman–Crippen MR) is 104 cm³/mol. The van der Waals surface area contributed by atoms with E-state index in [1.54, 1.807) is 6.20 Å².